The number of nitrogens with zero attached hydrogens (tertiary/aromatic N) is 2. The molecule has 0 amide bonds. The Morgan fingerprint density at radius 3 is 2.50 bits per heavy atom. The molecular formula is C14H17ClN2O. The third-order valence-corrected chi connectivity index (χ3v) is 3.21. The molecule has 96 valence electrons. The van der Waals surface area contributed by atoms with Crippen LogP contribution in [-0.2, 0) is 19.9 Å². The van der Waals surface area contributed by atoms with Gasteiger partial charge in [-0.05, 0) is 42.5 Å². The fourth-order valence-electron chi connectivity index (χ4n) is 2.02. The van der Waals surface area contributed by atoms with E-state index in [1.165, 1.54) is 5.56 Å². The first-order valence-electron chi connectivity index (χ1n) is 6.01. The van der Waals surface area contributed by atoms with Crippen LogP contribution in [0.25, 0.3) is 0 Å². The molecule has 1 aromatic heterocycles. The van der Waals surface area contributed by atoms with E-state index in [1.807, 2.05) is 43.6 Å². The van der Waals surface area contributed by atoms with Crippen LogP contribution in [0.15, 0.2) is 36.5 Å². The number of hydrogen-bond acceptors (Lipinski definition) is 2. The highest BCUT2D eigenvalue weighted by atomic mass is 35.5. The highest BCUT2D eigenvalue weighted by molar-refractivity contribution is 6.30. The van der Waals surface area contributed by atoms with Crippen molar-refractivity contribution in [3.8, 4) is 0 Å². The molecule has 2 rings (SSSR count). The van der Waals surface area contributed by atoms with E-state index < -0.39 is 0 Å². The van der Waals surface area contributed by atoms with Gasteiger partial charge in [0.15, 0.2) is 0 Å². The molecule has 0 saturated carbocycles. The largest absolute Gasteiger partial charge is 0.396 e. The van der Waals surface area contributed by atoms with Crippen molar-refractivity contribution in [3.63, 3.8) is 0 Å². The lowest BCUT2D eigenvalue weighted by Crippen LogP contribution is -2.13. The summed E-state index contributed by atoms with van der Waals surface area (Å²) < 4.78 is 1.78. The van der Waals surface area contributed by atoms with Crippen molar-refractivity contribution in [2.75, 3.05) is 6.61 Å². The number of rotatable bonds is 5. The summed E-state index contributed by atoms with van der Waals surface area (Å²) in [6, 6.07) is 9.76. The minimum atomic E-state index is 0.166. The number of aromatic nitrogens is 2. The molecule has 1 atom stereocenters. The summed E-state index contributed by atoms with van der Waals surface area (Å²) in [6.45, 7) is 0.166. The molecule has 0 bridgehead atoms. The molecule has 2 aromatic rings. The molecule has 0 fully saturated rings. The highest BCUT2D eigenvalue weighted by Gasteiger charge is 2.11. The second kappa shape index (κ2) is 6.03. The fourth-order valence-corrected chi connectivity index (χ4v) is 2.15. The van der Waals surface area contributed by atoms with Gasteiger partial charge in [-0.3, -0.25) is 4.68 Å². The van der Waals surface area contributed by atoms with Gasteiger partial charge in [-0.25, -0.2) is 0 Å². The Morgan fingerprint density at radius 2 is 1.94 bits per heavy atom. The minimum absolute atomic E-state index is 0.166. The molecule has 0 radical (unpaired) electrons. The van der Waals surface area contributed by atoms with Crippen molar-refractivity contribution in [1.82, 2.24) is 9.78 Å². The lowest BCUT2D eigenvalue weighted by Gasteiger charge is -2.12. The van der Waals surface area contributed by atoms with Crippen molar-refractivity contribution >= 4 is 11.6 Å². The number of hydrogen-bond donors (Lipinski definition) is 1. The Labute approximate surface area is 112 Å². The lowest BCUT2D eigenvalue weighted by atomic mass is 9.96. The molecular weight excluding hydrogens is 248 g/mol. The van der Waals surface area contributed by atoms with Gasteiger partial charge in [0.05, 0.1) is 5.69 Å². The summed E-state index contributed by atoms with van der Waals surface area (Å²) in [7, 11) is 1.90. The molecule has 1 aromatic carbocycles. The van der Waals surface area contributed by atoms with Gasteiger partial charge >= 0.3 is 0 Å². The van der Waals surface area contributed by atoms with E-state index in [0.717, 1.165) is 23.6 Å². The minimum Gasteiger partial charge on any atom is -0.396 e. The van der Waals surface area contributed by atoms with E-state index in [1.54, 1.807) is 4.68 Å². The van der Waals surface area contributed by atoms with Gasteiger partial charge in [-0.15, -0.1) is 0 Å². The predicted molar refractivity (Wildman–Crippen MR) is 72.6 cm³/mol. The highest BCUT2D eigenvalue weighted by Crippen LogP contribution is 2.16. The van der Waals surface area contributed by atoms with Crippen molar-refractivity contribution in [1.29, 1.82) is 0 Å². The van der Waals surface area contributed by atoms with Crippen LogP contribution in [0.3, 0.4) is 0 Å². The predicted octanol–water partition coefficient (Wildman–Crippen LogP) is 2.47. The Morgan fingerprint density at radius 1 is 1.22 bits per heavy atom. The van der Waals surface area contributed by atoms with Gasteiger partial charge in [0.25, 0.3) is 0 Å². The fraction of sp³-hybridized carbons (Fsp3) is 0.357. The first-order valence-corrected chi connectivity index (χ1v) is 6.39. The first kappa shape index (κ1) is 13.1. The second-order valence-corrected chi connectivity index (χ2v) is 5.00. The average molecular weight is 265 g/mol. The number of aliphatic hydroxyl groups excluding tert-OH is 1. The molecule has 0 spiro atoms. The number of aliphatic hydroxyl groups is 1. The van der Waals surface area contributed by atoms with Gasteiger partial charge < -0.3 is 5.11 Å². The average Bonchev–Trinajstić information content (AvgIpc) is 2.77. The van der Waals surface area contributed by atoms with Crippen LogP contribution in [0.2, 0.25) is 5.02 Å². The van der Waals surface area contributed by atoms with Crippen molar-refractivity contribution in [3.05, 3.63) is 52.8 Å². The van der Waals surface area contributed by atoms with E-state index in [2.05, 4.69) is 5.10 Å². The lowest BCUT2D eigenvalue weighted by molar-refractivity contribution is 0.224. The zero-order valence-corrected chi connectivity index (χ0v) is 11.1. The van der Waals surface area contributed by atoms with E-state index in [9.17, 15) is 5.11 Å². The van der Waals surface area contributed by atoms with Crippen molar-refractivity contribution in [2.24, 2.45) is 13.0 Å². The Kier molecular flexibility index (Phi) is 4.39. The zero-order valence-electron chi connectivity index (χ0n) is 10.4. The summed E-state index contributed by atoms with van der Waals surface area (Å²) in [5.74, 6) is 0.195. The van der Waals surface area contributed by atoms with Crippen molar-refractivity contribution < 1.29 is 5.11 Å². The smallest absolute Gasteiger partial charge is 0.0628 e. The molecule has 18 heavy (non-hydrogen) atoms. The Bertz CT molecular complexity index is 493. The van der Waals surface area contributed by atoms with E-state index in [-0.39, 0.29) is 12.5 Å². The second-order valence-electron chi connectivity index (χ2n) is 4.56. The Hall–Kier alpha value is -1.32. The maximum atomic E-state index is 9.45. The monoisotopic (exact) mass is 264 g/mol. The van der Waals surface area contributed by atoms with Crippen LogP contribution in [0.1, 0.15) is 11.3 Å². The van der Waals surface area contributed by atoms with Crippen LogP contribution in [0.4, 0.5) is 0 Å². The summed E-state index contributed by atoms with van der Waals surface area (Å²) in [5, 5.41) is 14.5. The standard InChI is InChI=1S/C14H17ClN2O/c1-17-7-6-14(16-17)9-12(10-18)8-11-2-4-13(15)5-3-11/h2-7,12,18H,8-10H2,1H3. The summed E-state index contributed by atoms with van der Waals surface area (Å²) in [5.41, 5.74) is 2.21. The van der Waals surface area contributed by atoms with Gasteiger partial charge in [0.2, 0.25) is 0 Å². The topological polar surface area (TPSA) is 38.0 Å². The molecule has 0 aliphatic carbocycles. The molecule has 1 N–H and O–H groups in total. The first-order chi connectivity index (χ1) is 8.67. The summed E-state index contributed by atoms with van der Waals surface area (Å²) in [6.07, 6.45) is 3.55. The SMILES string of the molecule is Cn1ccc(CC(CO)Cc2ccc(Cl)cc2)n1. The molecule has 0 saturated heterocycles. The molecule has 0 aliphatic rings. The van der Waals surface area contributed by atoms with Crippen molar-refractivity contribution in [2.45, 2.75) is 12.8 Å². The number of halogens is 1. The van der Waals surface area contributed by atoms with Crippen LogP contribution < -0.4 is 0 Å². The van der Waals surface area contributed by atoms with Gasteiger partial charge in [0.1, 0.15) is 0 Å². The summed E-state index contributed by atoms with van der Waals surface area (Å²) >= 11 is 5.85. The molecule has 3 nitrogen and oxygen atoms in total. The van der Waals surface area contributed by atoms with Crippen LogP contribution >= 0.6 is 11.6 Å². The maximum Gasteiger partial charge on any atom is 0.0628 e. The van der Waals surface area contributed by atoms with Crippen LogP contribution in [0.5, 0.6) is 0 Å². The number of aryl methyl sites for hydroxylation is 1. The zero-order chi connectivity index (χ0) is 13.0. The van der Waals surface area contributed by atoms with Crippen LogP contribution in [0, 0.1) is 5.92 Å². The van der Waals surface area contributed by atoms with Gasteiger partial charge in [-0.1, -0.05) is 23.7 Å². The quantitative estimate of drug-likeness (QED) is 0.901. The number of benzene rings is 1. The van der Waals surface area contributed by atoms with Crippen LogP contribution in [-0.4, -0.2) is 21.5 Å². The van der Waals surface area contributed by atoms with E-state index in [0.29, 0.717) is 0 Å². The molecule has 0 aliphatic heterocycles. The maximum absolute atomic E-state index is 9.45. The third kappa shape index (κ3) is 3.59. The molecule has 1 unspecified atom stereocenters. The van der Waals surface area contributed by atoms with Gasteiger partial charge in [-0.2, -0.15) is 5.10 Å². The van der Waals surface area contributed by atoms with E-state index in [4.69, 9.17) is 11.6 Å². The molecule has 1 heterocycles. The van der Waals surface area contributed by atoms with E-state index >= 15 is 0 Å². The summed E-state index contributed by atoms with van der Waals surface area (Å²) in [4.78, 5) is 0. The normalized spacial score (nSPS) is 12.6. The Balaban J connectivity index is 1.99. The van der Waals surface area contributed by atoms with Gasteiger partial charge in [0, 0.05) is 24.9 Å². The molecule has 4 heteroatoms. The third-order valence-electron chi connectivity index (χ3n) is 2.96.